The maximum atomic E-state index is 12.4. The van der Waals surface area contributed by atoms with Crippen molar-refractivity contribution in [1.82, 2.24) is 9.88 Å². The normalized spacial score (nSPS) is 16.2. The number of aromatic nitrogens is 1. The Labute approximate surface area is 151 Å². The molecule has 124 valence electrons. The summed E-state index contributed by atoms with van der Waals surface area (Å²) in [6.07, 6.45) is 5.68. The van der Waals surface area contributed by atoms with Crippen molar-refractivity contribution in [3.63, 3.8) is 0 Å². The van der Waals surface area contributed by atoms with Gasteiger partial charge in [-0.05, 0) is 18.6 Å². The van der Waals surface area contributed by atoms with Crippen molar-refractivity contribution >= 4 is 62.7 Å². The molecule has 9 heteroatoms. The number of hydrogen-bond donors (Lipinski definition) is 1. The fourth-order valence-electron chi connectivity index (χ4n) is 2.06. The topological polar surface area (TPSA) is 75.4 Å². The predicted octanol–water partition coefficient (Wildman–Crippen LogP) is 3.36. The van der Waals surface area contributed by atoms with Gasteiger partial charge in [-0.2, -0.15) is 0 Å². The Bertz CT molecular complexity index is 769. The average molecular weight is 379 g/mol. The highest BCUT2D eigenvalue weighted by Gasteiger charge is 2.31. The first-order chi connectivity index (χ1) is 11.6. The highest BCUT2D eigenvalue weighted by atomic mass is 32.2. The summed E-state index contributed by atoms with van der Waals surface area (Å²) in [6, 6.07) is 3.53. The third-order valence-corrected chi connectivity index (χ3v) is 5.22. The Hall–Kier alpha value is -1.97. The number of thioether (sulfide) groups is 1. The van der Waals surface area contributed by atoms with Crippen LogP contribution in [0.4, 0.5) is 5.13 Å². The van der Waals surface area contributed by atoms with Gasteiger partial charge in [-0.3, -0.25) is 14.5 Å². The molecular formula is C15H13N3O3S3. The van der Waals surface area contributed by atoms with E-state index in [0.717, 1.165) is 0 Å². The fourth-order valence-corrected chi connectivity index (χ4v) is 3.89. The molecule has 3 heterocycles. The second-order valence-electron chi connectivity index (χ2n) is 4.84. The van der Waals surface area contributed by atoms with Gasteiger partial charge >= 0.3 is 0 Å². The lowest BCUT2D eigenvalue weighted by atomic mass is 10.2. The number of thiazole rings is 1. The molecule has 2 amide bonds. The molecule has 0 unspecified atom stereocenters. The van der Waals surface area contributed by atoms with Crippen LogP contribution in [0.25, 0.3) is 6.08 Å². The van der Waals surface area contributed by atoms with Crippen molar-refractivity contribution in [3.05, 3.63) is 40.6 Å². The van der Waals surface area contributed by atoms with Crippen molar-refractivity contribution in [2.24, 2.45) is 0 Å². The van der Waals surface area contributed by atoms with Crippen LogP contribution in [0.1, 0.15) is 18.6 Å². The maximum Gasteiger partial charge on any atom is 0.266 e. The van der Waals surface area contributed by atoms with Gasteiger partial charge in [0.15, 0.2) is 5.13 Å². The van der Waals surface area contributed by atoms with Crippen molar-refractivity contribution < 1.29 is 14.0 Å². The molecule has 1 aliphatic heterocycles. The van der Waals surface area contributed by atoms with Gasteiger partial charge in [0, 0.05) is 30.6 Å². The molecule has 0 radical (unpaired) electrons. The standard InChI is InChI=1S/C15H13N3O3S3/c19-12(17-14-16-5-8-23-14)4-1-6-18-13(20)11(24-15(18)22)9-10-3-2-7-21-10/h2-3,5,7-9H,1,4,6H2,(H,16,17,19)/b11-9-. The molecule has 0 aliphatic carbocycles. The van der Waals surface area contributed by atoms with Crippen LogP contribution in [0.3, 0.4) is 0 Å². The van der Waals surface area contributed by atoms with Crippen molar-refractivity contribution in [1.29, 1.82) is 0 Å². The maximum absolute atomic E-state index is 12.4. The second kappa shape index (κ2) is 7.73. The van der Waals surface area contributed by atoms with E-state index >= 15 is 0 Å². The highest BCUT2D eigenvalue weighted by molar-refractivity contribution is 8.26. The Morgan fingerprint density at radius 1 is 1.50 bits per heavy atom. The molecule has 24 heavy (non-hydrogen) atoms. The first-order valence-corrected chi connectivity index (χ1v) is 9.22. The van der Waals surface area contributed by atoms with E-state index in [0.29, 0.717) is 39.5 Å². The molecule has 2 aromatic rings. The lowest BCUT2D eigenvalue weighted by Gasteiger charge is -2.13. The number of hydrogen-bond acceptors (Lipinski definition) is 7. The first kappa shape index (κ1) is 16.9. The van der Waals surface area contributed by atoms with E-state index in [9.17, 15) is 9.59 Å². The molecule has 1 aliphatic rings. The van der Waals surface area contributed by atoms with Crippen LogP contribution in [-0.2, 0) is 9.59 Å². The molecule has 1 fully saturated rings. The molecule has 0 spiro atoms. The number of nitrogens with one attached hydrogen (secondary N) is 1. The largest absolute Gasteiger partial charge is 0.465 e. The first-order valence-electron chi connectivity index (χ1n) is 7.12. The molecule has 0 atom stereocenters. The predicted molar refractivity (Wildman–Crippen MR) is 98.6 cm³/mol. The molecule has 3 rings (SSSR count). The molecule has 6 nitrogen and oxygen atoms in total. The van der Waals surface area contributed by atoms with Gasteiger partial charge < -0.3 is 9.73 Å². The quantitative estimate of drug-likeness (QED) is 0.613. The van der Waals surface area contributed by atoms with Crippen LogP contribution < -0.4 is 5.32 Å². The van der Waals surface area contributed by atoms with Gasteiger partial charge in [0.1, 0.15) is 10.1 Å². The number of anilines is 1. The summed E-state index contributed by atoms with van der Waals surface area (Å²) in [5, 5.41) is 5.08. The summed E-state index contributed by atoms with van der Waals surface area (Å²) >= 11 is 7.86. The number of amides is 2. The van der Waals surface area contributed by atoms with Gasteiger partial charge in [-0.1, -0.05) is 24.0 Å². The molecular weight excluding hydrogens is 366 g/mol. The zero-order chi connectivity index (χ0) is 16.9. The third-order valence-electron chi connectivity index (χ3n) is 3.15. The van der Waals surface area contributed by atoms with Crippen molar-refractivity contribution in [2.75, 3.05) is 11.9 Å². The number of rotatable bonds is 6. The van der Waals surface area contributed by atoms with Gasteiger partial charge in [-0.15, -0.1) is 11.3 Å². The molecule has 1 saturated heterocycles. The summed E-state index contributed by atoms with van der Waals surface area (Å²) in [7, 11) is 0. The van der Waals surface area contributed by atoms with Crippen LogP contribution in [-0.4, -0.2) is 32.6 Å². The molecule has 0 bridgehead atoms. The smallest absolute Gasteiger partial charge is 0.266 e. The number of thiocarbonyl (C=S) groups is 1. The van der Waals surface area contributed by atoms with Gasteiger partial charge in [0.25, 0.3) is 5.91 Å². The summed E-state index contributed by atoms with van der Waals surface area (Å²) < 4.78 is 5.71. The van der Waals surface area contributed by atoms with Gasteiger partial charge in [-0.25, -0.2) is 4.98 Å². The minimum absolute atomic E-state index is 0.124. The number of carbonyl (C=O) groups is 2. The Kier molecular flexibility index (Phi) is 5.44. The number of carbonyl (C=O) groups excluding carboxylic acids is 2. The van der Waals surface area contributed by atoms with E-state index in [4.69, 9.17) is 16.6 Å². The zero-order valence-corrected chi connectivity index (χ0v) is 14.9. The second-order valence-corrected chi connectivity index (χ2v) is 7.41. The molecule has 0 aromatic carbocycles. The Morgan fingerprint density at radius 3 is 3.08 bits per heavy atom. The average Bonchev–Trinajstić information content (AvgIpc) is 3.27. The Balaban J connectivity index is 1.51. The summed E-state index contributed by atoms with van der Waals surface area (Å²) in [4.78, 5) is 30.2. The monoisotopic (exact) mass is 379 g/mol. The van der Waals surface area contributed by atoms with Crippen LogP contribution in [0, 0.1) is 0 Å². The van der Waals surface area contributed by atoms with Crippen LogP contribution >= 0.6 is 35.3 Å². The summed E-state index contributed by atoms with van der Waals surface area (Å²) in [5.41, 5.74) is 0. The molecule has 2 aromatic heterocycles. The van der Waals surface area contributed by atoms with Crippen LogP contribution in [0.2, 0.25) is 0 Å². The minimum atomic E-state index is -0.151. The van der Waals surface area contributed by atoms with Crippen LogP contribution in [0.5, 0.6) is 0 Å². The minimum Gasteiger partial charge on any atom is -0.465 e. The van der Waals surface area contributed by atoms with E-state index < -0.39 is 0 Å². The number of nitrogens with zero attached hydrogens (tertiary/aromatic N) is 2. The van der Waals surface area contributed by atoms with E-state index in [2.05, 4.69) is 10.3 Å². The van der Waals surface area contributed by atoms with E-state index in [-0.39, 0.29) is 11.8 Å². The third kappa shape index (κ3) is 4.11. The summed E-state index contributed by atoms with van der Waals surface area (Å²) in [5.74, 6) is 0.335. The lowest BCUT2D eigenvalue weighted by Crippen LogP contribution is -2.29. The molecule has 0 saturated carbocycles. The van der Waals surface area contributed by atoms with Gasteiger partial charge in [0.05, 0.1) is 11.2 Å². The SMILES string of the molecule is O=C(CCCN1C(=O)/C(=C/c2ccco2)SC1=S)Nc1nccs1. The highest BCUT2D eigenvalue weighted by Crippen LogP contribution is 2.32. The van der Waals surface area contributed by atoms with E-state index in [1.54, 1.807) is 36.0 Å². The van der Waals surface area contributed by atoms with E-state index in [1.807, 2.05) is 0 Å². The Morgan fingerprint density at radius 2 is 2.38 bits per heavy atom. The summed E-state index contributed by atoms with van der Waals surface area (Å²) in [6.45, 7) is 0.408. The lowest BCUT2D eigenvalue weighted by molar-refractivity contribution is -0.122. The molecule has 1 N–H and O–H groups in total. The van der Waals surface area contributed by atoms with Gasteiger partial charge in [0.2, 0.25) is 5.91 Å². The van der Waals surface area contributed by atoms with Crippen molar-refractivity contribution in [2.45, 2.75) is 12.8 Å². The van der Waals surface area contributed by atoms with Crippen LogP contribution in [0.15, 0.2) is 39.3 Å². The number of furan rings is 1. The fraction of sp³-hybridized carbons (Fsp3) is 0.200. The van der Waals surface area contributed by atoms with Crippen molar-refractivity contribution in [3.8, 4) is 0 Å². The zero-order valence-electron chi connectivity index (χ0n) is 12.4. The van der Waals surface area contributed by atoms with E-state index in [1.165, 1.54) is 28.0 Å².